The predicted octanol–water partition coefficient (Wildman–Crippen LogP) is 3.39. The molecular weight excluding hydrogens is 346 g/mol. The highest BCUT2D eigenvalue weighted by Crippen LogP contribution is 2.16. The number of hydrogen-bond acceptors (Lipinski definition) is 3. The molecule has 4 nitrogen and oxygen atoms in total. The number of nitrogens with zero attached hydrogens (tertiary/aromatic N) is 1. The number of terminal acetylenes is 1. The van der Waals surface area contributed by atoms with Crippen LogP contribution in [0.4, 0.5) is 0 Å². The fraction of sp³-hybridized carbons (Fsp3) is 0.238. The summed E-state index contributed by atoms with van der Waals surface area (Å²) < 4.78 is 32.2. The first-order valence-electron chi connectivity index (χ1n) is 8.31. The number of sulfonamides is 1. The second-order valence-electron chi connectivity index (χ2n) is 5.79. The standard InChI is InChI=1S/C21H23NO3S/c1-3-15-22(26(23,24)21-13-11-19(2)12-14-21)16-7-8-17-25-18-20-9-5-4-6-10-20/h1,4-14H,15-18H2,2H3/b8-7-. The molecule has 0 fully saturated rings. The van der Waals surface area contributed by atoms with Crippen LogP contribution < -0.4 is 0 Å². The van der Waals surface area contributed by atoms with E-state index in [0.29, 0.717) is 13.2 Å². The van der Waals surface area contributed by atoms with Gasteiger partial charge in [-0.15, -0.1) is 6.42 Å². The molecule has 0 saturated carbocycles. The monoisotopic (exact) mass is 369 g/mol. The van der Waals surface area contributed by atoms with Crippen LogP contribution in [-0.2, 0) is 21.4 Å². The molecule has 0 amide bonds. The minimum absolute atomic E-state index is 0.0193. The molecule has 136 valence electrons. The van der Waals surface area contributed by atoms with E-state index in [0.717, 1.165) is 11.1 Å². The van der Waals surface area contributed by atoms with Crippen molar-refractivity contribution in [1.29, 1.82) is 0 Å². The Morgan fingerprint density at radius 2 is 1.77 bits per heavy atom. The Morgan fingerprint density at radius 3 is 2.42 bits per heavy atom. The van der Waals surface area contributed by atoms with Gasteiger partial charge >= 0.3 is 0 Å². The lowest BCUT2D eigenvalue weighted by Gasteiger charge is -2.18. The summed E-state index contributed by atoms with van der Waals surface area (Å²) in [6.45, 7) is 3.05. The maximum atomic E-state index is 12.7. The summed E-state index contributed by atoms with van der Waals surface area (Å²) in [5.74, 6) is 2.41. The Morgan fingerprint density at radius 1 is 1.08 bits per heavy atom. The third kappa shape index (κ3) is 5.85. The van der Waals surface area contributed by atoms with Gasteiger partial charge in [0.25, 0.3) is 0 Å². The average Bonchev–Trinajstić information content (AvgIpc) is 2.64. The Balaban J connectivity index is 1.91. The largest absolute Gasteiger partial charge is 0.373 e. The van der Waals surface area contributed by atoms with E-state index in [1.807, 2.05) is 37.3 Å². The Bertz CT molecular complexity index is 850. The highest BCUT2D eigenvalue weighted by atomic mass is 32.2. The van der Waals surface area contributed by atoms with E-state index in [1.165, 1.54) is 4.31 Å². The van der Waals surface area contributed by atoms with Gasteiger partial charge in [-0.2, -0.15) is 4.31 Å². The summed E-state index contributed by atoms with van der Waals surface area (Å²) in [5.41, 5.74) is 2.10. The lowest BCUT2D eigenvalue weighted by molar-refractivity contribution is 0.148. The van der Waals surface area contributed by atoms with Gasteiger partial charge in [-0.3, -0.25) is 0 Å². The van der Waals surface area contributed by atoms with Crippen LogP contribution in [0.25, 0.3) is 0 Å². The molecule has 2 aromatic rings. The highest BCUT2D eigenvalue weighted by Gasteiger charge is 2.22. The van der Waals surface area contributed by atoms with E-state index in [4.69, 9.17) is 11.2 Å². The van der Waals surface area contributed by atoms with Crippen LogP contribution in [-0.4, -0.2) is 32.4 Å². The molecule has 0 N–H and O–H groups in total. The van der Waals surface area contributed by atoms with Crippen molar-refractivity contribution >= 4 is 10.0 Å². The molecule has 0 aliphatic rings. The van der Waals surface area contributed by atoms with Gasteiger partial charge in [-0.25, -0.2) is 8.42 Å². The summed E-state index contributed by atoms with van der Waals surface area (Å²) in [4.78, 5) is 0.243. The zero-order valence-electron chi connectivity index (χ0n) is 14.8. The lowest BCUT2D eigenvalue weighted by Crippen LogP contribution is -2.31. The number of benzene rings is 2. The fourth-order valence-electron chi connectivity index (χ4n) is 2.29. The molecule has 5 heteroatoms. The molecule has 26 heavy (non-hydrogen) atoms. The lowest BCUT2D eigenvalue weighted by atomic mass is 10.2. The molecule has 0 heterocycles. The van der Waals surface area contributed by atoms with Gasteiger partial charge in [0.2, 0.25) is 10.0 Å². The first kappa shape index (κ1) is 19.9. The molecular formula is C21H23NO3S. The number of hydrogen-bond donors (Lipinski definition) is 0. The van der Waals surface area contributed by atoms with Gasteiger partial charge in [0.05, 0.1) is 24.7 Å². The van der Waals surface area contributed by atoms with Crippen molar-refractivity contribution in [2.45, 2.75) is 18.4 Å². The summed E-state index contributed by atoms with van der Waals surface area (Å²) in [5, 5.41) is 0. The second kappa shape index (κ2) is 9.93. The molecule has 0 aromatic heterocycles. The molecule has 0 spiro atoms. The molecule has 0 bridgehead atoms. The maximum absolute atomic E-state index is 12.7. The molecule has 0 radical (unpaired) electrons. The van der Waals surface area contributed by atoms with Gasteiger partial charge < -0.3 is 4.74 Å². The van der Waals surface area contributed by atoms with Gasteiger partial charge in [-0.1, -0.05) is 66.1 Å². The van der Waals surface area contributed by atoms with Crippen LogP contribution in [0, 0.1) is 19.3 Å². The Kier molecular flexibility index (Phi) is 7.61. The SMILES string of the molecule is C#CCN(C/C=C\COCc1ccccc1)S(=O)(=O)c1ccc(C)cc1. The highest BCUT2D eigenvalue weighted by molar-refractivity contribution is 7.89. The van der Waals surface area contributed by atoms with Crippen molar-refractivity contribution in [2.24, 2.45) is 0 Å². The third-order valence-corrected chi connectivity index (χ3v) is 5.55. The Labute approximate surface area is 156 Å². The van der Waals surface area contributed by atoms with Crippen LogP contribution in [0.2, 0.25) is 0 Å². The zero-order chi connectivity index (χ0) is 18.8. The zero-order valence-corrected chi connectivity index (χ0v) is 15.7. The van der Waals surface area contributed by atoms with E-state index in [2.05, 4.69) is 5.92 Å². The van der Waals surface area contributed by atoms with Crippen molar-refractivity contribution in [3.8, 4) is 12.3 Å². The minimum Gasteiger partial charge on any atom is -0.373 e. The van der Waals surface area contributed by atoms with Crippen molar-refractivity contribution < 1.29 is 13.2 Å². The quantitative estimate of drug-likeness (QED) is 0.387. The van der Waals surface area contributed by atoms with Crippen molar-refractivity contribution in [3.63, 3.8) is 0 Å². The first-order valence-corrected chi connectivity index (χ1v) is 9.75. The second-order valence-corrected chi connectivity index (χ2v) is 7.72. The van der Waals surface area contributed by atoms with Crippen LogP contribution in [0.15, 0.2) is 71.6 Å². The molecule has 2 aromatic carbocycles. The number of rotatable bonds is 9. The predicted molar refractivity (Wildman–Crippen MR) is 104 cm³/mol. The van der Waals surface area contributed by atoms with Crippen molar-refractivity contribution in [3.05, 3.63) is 77.9 Å². The van der Waals surface area contributed by atoms with E-state index in [1.54, 1.807) is 36.4 Å². The third-order valence-electron chi connectivity index (χ3n) is 3.73. The van der Waals surface area contributed by atoms with Crippen LogP contribution >= 0.6 is 0 Å². The van der Waals surface area contributed by atoms with E-state index < -0.39 is 10.0 Å². The van der Waals surface area contributed by atoms with E-state index in [9.17, 15) is 8.42 Å². The summed E-state index contributed by atoms with van der Waals surface area (Å²) in [6.07, 6.45) is 8.90. The van der Waals surface area contributed by atoms with Crippen LogP contribution in [0.1, 0.15) is 11.1 Å². The normalized spacial score (nSPS) is 11.7. The van der Waals surface area contributed by atoms with Gasteiger partial charge in [-0.05, 0) is 24.6 Å². The number of aryl methyl sites for hydroxylation is 1. The van der Waals surface area contributed by atoms with Crippen molar-refractivity contribution in [1.82, 2.24) is 4.31 Å². The van der Waals surface area contributed by atoms with E-state index >= 15 is 0 Å². The molecule has 2 rings (SSSR count). The molecule has 0 aliphatic carbocycles. The first-order chi connectivity index (χ1) is 12.5. The minimum atomic E-state index is -3.62. The smallest absolute Gasteiger partial charge is 0.244 e. The van der Waals surface area contributed by atoms with Crippen LogP contribution in [0.3, 0.4) is 0 Å². The number of ether oxygens (including phenoxy) is 1. The maximum Gasteiger partial charge on any atom is 0.244 e. The van der Waals surface area contributed by atoms with Gasteiger partial charge in [0.15, 0.2) is 0 Å². The van der Waals surface area contributed by atoms with Gasteiger partial charge in [0.1, 0.15) is 0 Å². The topological polar surface area (TPSA) is 46.6 Å². The Hall–Kier alpha value is -2.39. The fourth-order valence-corrected chi connectivity index (χ4v) is 3.59. The van der Waals surface area contributed by atoms with Crippen molar-refractivity contribution in [2.75, 3.05) is 19.7 Å². The molecule has 0 saturated heterocycles. The summed E-state index contributed by atoms with van der Waals surface area (Å²) in [6, 6.07) is 16.6. The van der Waals surface area contributed by atoms with Crippen LogP contribution in [0.5, 0.6) is 0 Å². The summed E-state index contributed by atoms with van der Waals surface area (Å²) in [7, 11) is -3.62. The molecule has 0 unspecified atom stereocenters. The van der Waals surface area contributed by atoms with Gasteiger partial charge in [0, 0.05) is 6.54 Å². The van der Waals surface area contributed by atoms with E-state index in [-0.39, 0.29) is 18.0 Å². The average molecular weight is 369 g/mol. The summed E-state index contributed by atoms with van der Waals surface area (Å²) >= 11 is 0. The molecule has 0 aliphatic heterocycles. The molecule has 0 atom stereocenters.